The molecule has 2 aromatic rings. The molecule has 0 saturated heterocycles. The zero-order valence-corrected chi connectivity index (χ0v) is 14.3. The molecule has 5 nitrogen and oxygen atoms in total. The number of nitrogens with one attached hydrogen (secondary N) is 1. The maximum Gasteiger partial charge on any atom is 0.328 e. The van der Waals surface area contributed by atoms with Crippen molar-refractivity contribution in [3.63, 3.8) is 0 Å². The summed E-state index contributed by atoms with van der Waals surface area (Å²) in [6.45, 7) is 3.75. The number of carbonyl (C=O) groups excluding carboxylic acids is 2. The Morgan fingerprint density at radius 2 is 1.96 bits per heavy atom. The second-order valence-corrected chi connectivity index (χ2v) is 6.72. The molecule has 1 aromatic carbocycles. The molecule has 1 unspecified atom stereocenters. The summed E-state index contributed by atoms with van der Waals surface area (Å²) in [5, 5.41) is 3.76. The highest BCUT2D eigenvalue weighted by Crippen LogP contribution is 2.30. The van der Waals surface area contributed by atoms with Crippen LogP contribution in [0, 0.1) is 5.92 Å². The van der Waals surface area contributed by atoms with Gasteiger partial charge in [0, 0.05) is 10.9 Å². The largest absolute Gasteiger partial charge is 0.467 e. The summed E-state index contributed by atoms with van der Waals surface area (Å²) < 4.78 is 10.4. The quantitative estimate of drug-likeness (QED) is 0.857. The molecule has 0 bridgehead atoms. The van der Waals surface area contributed by atoms with E-state index < -0.39 is 12.0 Å². The van der Waals surface area contributed by atoms with E-state index >= 15 is 0 Å². The average molecular weight is 329 g/mol. The molecule has 1 aliphatic carbocycles. The average Bonchev–Trinajstić information content (AvgIpc) is 3.16. The standard InChI is InChI=1S/C19H23NO4/c1-11(2)18(19(22)23-3)20-17(21)9-14-10-24-16-8-13-6-4-5-12(13)7-15(14)16/h7-8,10-11,18H,4-6,9H2,1-3H3,(H,20,21). The summed E-state index contributed by atoms with van der Waals surface area (Å²) in [4.78, 5) is 24.1. The van der Waals surface area contributed by atoms with E-state index in [4.69, 9.17) is 9.15 Å². The zero-order valence-electron chi connectivity index (χ0n) is 14.3. The van der Waals surface area contributed by atoms with E-state index in [-0.39, 0.29) is 18.2 Å². The lowest BCUT2D eigenvalue weighted by Crippen LogP contribution is -2.45. The molecule has 1 heterocycles. The fourth-order valence-corrected chi connectivity index (χ4v) is 3.31. The second-order valence-electron chi connectivity index (χ2n) is 6.72. The highest BCUT2D eigenvalue weighted by Gasteiger charge is 2.25. The summed E-state index contributed by atoms with van der Waals surface area (Å²) in [6.07, 6.45) is 5.18. The van der Waals surface area contributed by atoms with Gasteiger partial charge in [-0.1, -0.05) is 13.8 Å². The Labute approximate surface area is 141 Å². The molecule has 0 radical (unpaired) electrons. The Kier molecular flexibility index (Phi) is 4.60. The van der Waals surface area contributed by atoms with Crippen molar-refractivity contribution in [1.82, 2.24) is 5.32 Å². The van der Waals surface area contributed by atoms with Gasteiger partial charge in [-0.05, 0) is 48.4 Å². The van der Waals surface area contributed by atoms with Crippen molar-refractivity contribution in [2.75, 3.05) is 7.11 Å². The van der Waals surface area contributed by atoms with Gasteiger partial charge in [0.15, 0.2) is 0 Å². The van der Waals surface area contributed by atoms with Gasteiger partial charge in [-0.25, -0.2) is 4.79 Å². The summed E-state index contributed by atoms with van der Waals surface area (Å²) in [7, 11) is 1.33. The number of hydrogen-bond acceptors (Lipinski definition) is 4. The lowest BCUT2D eigenvalue weighted by molar-refractivity contribution is -0.146. The second kappa shape index (κ2) is 6.67. The van der Waals surface area contributed by atoms with Crippen LogP contribution in [0.5, 0.6) is 0 Å². The van der Waals surface area contributed by atoms with E-state index in [9.17, 15) is 9.59 Å². The number of furan rings is 1. The van der Waals surface area contributed by atoms with Gasteiger partial charge in [-0.3, -0.25) is 4.79 Å². The summed E-state index contributed by atoms with van der Waals surface area (Å²) in [6, 6.07) is 3.60. The third-order valence-corrected chi connectivity index (χ3v) is 4.66. The first-order chi connectivity index (χ1) is 11.5. The normalized spacial score (nSPS) is 14.7. The fraction of sp³-hybridized carbons (Fsp3) is 0.474. The fourth-order valence-electron chi connectivity index (χ4n) is 3.31. The number of aryl methyl sites for hydroxylation is 2. The molecule has 1 amide bonds. The van der Waals surface area contributed by atoms with E-state index in [0.29, 0.717) is 0 Å². The van der Waals surface area contributed by atoms with Crippen LogP contribution in [-0.4, -0.2) is 25.0 Å². The monoisotopic (exact) mass is 329 g/mol. The summed E-state index contributed by atoms with van der Waals surface area (Å²) in [5.74, 6) is -0.665. The maximum atomic E-state index is 12.4. The van der Waals surface area contributed by atoms with Gasteiger partial charge >= 0.3 is 5.97 Å². The van der Waals surface area contributed by atoms with Crippen molar-refractivity contribution in [3.8, 4) is 0 Å². The number of amides is 1. The van der Waals surface area contributed by atoms with Crippen LogP contribution in [0.15, 0.2) is 22.8 Å². The van der Waals surface area contributed by atoms with Gasteiger partial charge < -0.3 is 14.5 Å². The van der Waals surface area contributed by atoms with E-state index in [2.05, 4.69) is 17.4 Å². The van der Waals surface area contributed by atoms with Crippen LogP contribution in [-0.2, 0) is 33.6 Å². The number of ether oxygens (including phenoxy) is 1. The van der Waals surface area contributed by atoms with Crippen LogP contribution in [0.2, 0.25) is 0 Å². The van der Waals surface area contributed by atoms with Crippen molar-refractivity contribution in [1.29, 1.82) is 0 Å². The highest BCUT2D eigenvalue weighted by molar-refractivity contribution is 5.90. The Morgan fingerprint density at radius 1 is 1.25 bits per heavy atom. The molecule has 5 heteroatoms. The van der Waals surface area contributed by atoms with E-state index in [1.807, 2.05) is 13.8 Å². The number of carbonyl (C=O) groups is 2. The molecule has 0 spiro atoms. The van der Waals surface area contributed by atoms with E-state index in [1.54, 1.807) is 6.26 Å². The third kappa shape index (κ3) is 3.16. The number of esters is 1. The van der Waals surface area contributed by atoms with Crippen molar-refractivity contribution in [3.05, 3.63) is 35.1 Å². The van der Waals surface area contributed by atoms with Gasteiger partial charge in [0.05, 0.1) is 19.8 Å². The van der Waals surface area contributed by atoms with Crippen LogP contribution in [0.25, 0.3) is 11.0 Å². The van der Waals surface area contributed by atoms with Gasteiger partial charge in [0.25, 0.3) is 0 Å². The predicted octanol–water partition coefficient (Wildman–Crippen LogP) is 2.78. The molecule has 3 rings (SSSR count). The van der Waals surface area contributed by atoms with Crippen molar-refractivity contribution < 1.29 is 18.7 Å². The maximum absolute atomic E-state index is 12.4. The van der Waals surface area contributed by atoms with Crippen molar-refractivity contribution in [2.24, 2.45) is 5.92 Å². The van der Waals surface area contributed by atoms with Gasteiger partial charge in [0.1, 0.15) is 11.6 Å². The van der Waals surface area contributed by atoms with Crippen LogP contribution in [0.4, 0.5) is 0 Å². The molecule has 1 atom stereocenters. The van der Waals surface area contributed by atoms with Crippen LogP contribution >= 0.6 is 0 Å². The molecular formula is C19H23NO4. The highest BCUT2D eigenvalue weighted by atomic mass is 16.5. The van der Waals surface area contributed by atoms with Crippen LogP contribution in [0.1, 0.15) is 37.0 Å². The van der Waals surface area contributed by atoms with E-state index in [0.717, 1.165) is 29.4 Å². The van der Waals surface area contributed by atoms with Gasteiger partial charge in [-0.15, -0.1) is 0 Å². The molecule has 1 N–H and O–H groups in total. The lowest BCUT2D eigenvalue weighted by Gasteiger charge is -2.19. The number of benzene rings is 1. The Morgan fingerprint density at radius 3 is 2.62 bits per heavy atom. The first kappa shape index (κ1) is 16.6. The summed E-state index contributed by atoms with van der Waals surface area (Å²) in [5.41, 5.74) is 4.37. The van der Waals surface area contributed by atoms with Crippen molar-refractivity contribution in [2.45, 2.75) is 45.6 Å². The smallest absolute Gasteiger partial charge is 0.328 e. The SMILES string of the molecule is COC(=O)C(NC(=O)Cc1coc2cc3c(cc12)CCC3)C(C)C. The van der Waals surface area contributed by atoms with E-state index in [1.165, 1.54) is 24.7 Å². The topological polar surface area (TPSA) is 68.5 Å². The van der Waals surface area contributed by atoms with Gasteiger partial charge in [-0.2, -0.15) is 0 Å². The summed E-state index contributed by atoms with van der Waals surface area (Å²) >= 11 is 0. The Bertz CT molecular complexity index is 775. The minimum absolute atomic E-state index is 0.0363. The minimum Gasteiger partial charge on any atom is -0.467 e. The molecule has 0 aliphatic heterocycles. The van der Waals surface area contributed by atoms with Crippen LogP contribution in [0.3, 0.4) is 0 Å². The molecular weight excluding hydrogens is 306 g/mol. The number of fused-ring (bicyclic) bond motifs is 2. The number of rotatable bonds is 5. The molecule has 24 heavy (non-hydrogen) atoms. The minimum atomic E-state index is -0.634. The van der Waals surface area contributed by atoms with Crippen LogP contribution < -0.4 is 5.32 Å². The molecule has 1 aromatic heterocycles. The Balaban J connectivity index is 1.77. The lowest BCUT2D eigenvalue weighted by atomic mass is 10.0. The molecule has 128 valence electrons. The third-order valence-electron chi connectivity index (χ3n) is 4.66. The first-order valence-corrected chi connectivity index (χ1v) is 8.38. The number of hydrogen-bond donors (Lipinski definition) is 1. The zero-order chi connectivity index (χ0) is 17.3. The first-order valence-electron chi connectivity index (χ1n) is 8.38. The predicted molar refractivity (Wildman–Crippen MR) is 90.7 cm³/mol. The molecule has 1 aliphatic rings. The van der Waals surface area contributed by atoms with Crippen molar-refractivity contribution >= 4 is 22.8 Å². The molecule has 0 fully saturated rings. The Hall–Kier alpha value is -2.30. The number of methoxy groups -OCH3 is 1. The van der Waals surface area contributed by atoms with Gasteiger partial charge in [0.2, 0.25) is 5.91 Å². The molecule has 0 saturated carbocycles.